The van der Waals surface area contributed by atoms with E-state index in [1.165, 1.54) is 0 Å². The van der Waals surface area contributed by atoms with Crippen molar-refractivity contribution in [2.75, 3.05) is 5.32 Å². The van der Waals surface area contributed by atoms with E-state index in [-0.39, 0.29) is 0 Å². The molecular formula is C17H16N4O. The van der Waals surface area contributed by atoms with Gasteiger partial charge in [0.25, 0.3) is 0 Å². The zero-order valence-electron chi connectivity index (χ0n) is 12.0. The van der Waals surface area contributed by atoms with Gasteiger partial charge in [-0.05, 0) is 23.3 Å². The van der Waals surface area contributed by atoms with Crippen LogP contribution in [0.15, 0.2) is 67.1 Å². The molecule has 0 radical (unpaired) electrons. The van der Waals surface area contributed by atoms with E-state index in [0.717, 1.165) is 11.1 Å². The molecule has 22 heavy (non-hydrogen) atoms. The van der Waals surface area contributed by atoms with E-state index in [9.17, 15) is 0 Å². The molecular weight excluding hydrogens is 276 g/mol. The molecule has 1 aromatic carbocycles. The third kappa shape index (κ3) is 4.02. The van der Waals surface area contributed by atoms with Gasteiger partial charge in [0.05, 0.1) is 0 Å². The van der Waals surface area contributed by atoms with Crippen LogP contribution >= 0.6 is 0 Å². The monoisotopic (exact) mass is 292 g/mol. The number of pyridine rings is 1. The van der Waals surface area contributed by atoms with Crippen LogP contribution < -0.4 is 10.1 Å². The van der Waals surface area contributed by atoms with E-state index in [2.05, 4.69) is 32.4 Å². The number of anilines is 1. The van der Waals surface area contributed by atoms with Crippen molar-refractivity contribution in [3.05, 3.63) is 78.2 Å². The molecule has 0 aliphatic carbocycles. The van der Waals surface area contributed by atoms with Gasteiger partial charge in [0.15, 0.2) is 0 Å². The molecule has 0 bridgehead atoms. The van der Waals surface area contributed by atoms with Gasteiger partial charge in [-0.15, -0.1) is 0 Å². The minimum absolute atomic E-state index is 0.506. The highest BCUT2D eigenvalue weighted by Gasteiger charge is 1.99. The minimum atomic E-state index is 0.506. The Hall–Kier alpha value is -2.95. The van der Waals surface area contributed by atoms with Crippen LogP contribution in [-0.2, 0) is 13.2 Å². The lowest BCUT2D eigenvalue weighted by molar-refractivity contribution is 0.294. The topological polar surface area (TPSA) is 59.9 Å². The highest BCUT2D eigenvalue weighted by Crippen LogP contribution is 2.10. The van der Waals surface area contributed by atoms with Crippen molar-refractivity contribution in [3.8, 4) is 5.88 Å². The Morgan fingerprint density at radius 2 is 1.50 bits per heavy atom. The zero-order chi connectivity index (χ0) is 15.0. The van der Waals surface area contributed by atoms with Gasteiger partial charge in [-0.25, -0.2) is 15.0 Å². The Morgan fingerprint density at radius 3 is 2.23 bits per heavy atom. The van der Waals surface area contributed by atoms with Gasteiger partial charge in [-0.3, -0.25) is 0 Å². The predicted molar refractivity (Wildman–Crippen MR) is 84.4 cm³/mol. The lowest BCUT2D eigenvalue weighted by Gasteiger charge is -2.07. The Labute approximate surface area is 129 Å². The molecule has 0 fully saturated rings. The average Bonchev–Trinajstić information content (AvgIpc) is 2.61. The molecule has 3 aromatic rings. The summed E-state index contributed by atoms with van der Waals surface area (Å²) < 4.78 is 5.61. The molecule has 3 rings (SSSR count). The maximum Gasteiger partial charge on any atom is 0.222 e. The second-order valence-electron chi connectivity index (χ2n) is 4.70. The molecule has 0 unspecified atom stereocenters. The fourth-order valence-corrected chi connectivity index (χ4v) is 1.91. The lowest BCUT2D eigenvalue weighted by atomic mass is 10.1. The summed E-state index contributed by atoms with van der Waals surface area (Å²) in [5, 5.41) is 3.17. The van der Waals surface area contributed by atoms with Crippen LogP contribution in [0.1, 0.15) is 11.1 Å². The van der Waals surface area contributed by atoms with Gasteiger partial charge >= 0.3 is 0 Å². The molecule has 0 saturated heterocycles. The first kappa shape index (κ1) is 14.0. The first-order chi connectivity index (χ1) is 10.9. The van der Waals surface area contributed by atoms with E-state index in [0.29, 0.717) is 25.0 Å². The van der Waals surface area contributed by atoms with Gasteiger partial charge in [-0.1, -0.05) is 30.3 Å². The summed E-state index contributed by atoms with van der Waals surface area (Å²) in [4.78, 5) is 12.4. The maximum atomic E-state index is 5.61. The van der Waals surface area contributed by atoms with Gasteiger partial charge in [0.1, 0.15) is 6.61 Å². The molecule has 110 valence electrons. The Bertz CT molecular complexity index is 624. The number of nitrogens with one attached hydrogen (secondary N) is 1. The normalized spacial score (nSPS) is 10.2. The first-order valence-corrected chi connectivity index (χ1v) is 7.03. The van der Waals surface area contributed by atoms with Crippen LogP contribution in [0.25, 0.3) is 0 Å². The fourth-order valence-electron chi connectivity index (χ4n) is 1.91. The van der Waals surface area contributed by atoms with Crippen molar-refractivity contribution in [1.82, 2.24) is 15.0 Å². The van der Waals surface area contributed by atoms with Crippen LogP contribution in [0.2, 0.25) is 0 Å². The molecule has 0 aliphatic rings. The summed E-state index contributed by atoms with van der Waals surface area (Å²) in [6, 6.07) is 15.6. The lowest BCUT2D eigenvalue weighted by Crippen LogP contribution is -2.03. The van der Waals surface area contributed by atoms with Crippen LogP contribution in [0.5, 0.6) is 5.88 Å². The van der Waals surface area contributed by atoms with Crippen LogP contribution in [0, 0.1) is 0 Å². The molecule has 2 aromatic heterocycles. The number of aromatic nitrogens is 3. The van der Waals surface area contributed by atoms with Crippen LogP contribution in [0.4, 0.5) is 5.95 Å². The smallest absolute Gasteiger partial charge is 0.222 e. The fraction of sp³-hybridized carbons (Fsp3) is 0.118. The summed E-state index contributed by atoms with van der Waals surface area (Å²) in [5.74, 6) is 1.26. The standard InChI is InChI=1S/C17H16N4O/c1-2-9-18-16(4-1)22-13-15-7-5-14(6-8-15)12-21-17-19-10-3-11-20-17/h1-11H,12-13H2,(H,19,20,21). The summed E-state index contributed by atoms with van der Waals surface area (Å²) >= 11 is 0. The molecule has 5 heteroatoms. The minimum Gasteiger partial charge on any atom is -0.473 e. The van der Waals surface area contributed by atoms with Crippen molar-refractivity contribution in [1.29, 1.82) is 0 Å². The van der Waals surface area contributed by atoms with E-state index in [4.69, 9.17) is 4.74 Å². The third-order valence-electron chi connectivity index (χ3n) is 3.06. The number of rotatable bonds is 6. The molecule has 0 amide bonds. The first-order valence-electron chi connectivity index (χ1n) is 7.03. The summed E-state index contributed by atoms with van der Waals surface area (Å²) in [6.07, 6.45) is 5.15. The van der Waals surface area contributed by atoms with Crippen molar-refractivity contribution < 1.29 is 4.74 Å². The van der Waals surface area contributed by atoms with Crippen molar-refractivity contribution >= 4 is 5.95 Å². The summed E-state index contributed by atoms with van der Waals surface area (Å²) in [7, 11) is 0. The third-order valence-corrected chi connectivity index (χ3v) is 3.06. The second-order valence-corrected chi connectivity index (χ2v) is 4.70. The average molecular weight is 292 g/mol. The van der Waals surface area contributed by atoms with Crippen molar-refractivity contribution in [2.24, 2.45) is 0 Å². The number of nitrogens with zero attached hydrogens (tertiary/aromatic N) is 3. The summed E-state index contributed by atoms with van der Waals surface area (Å²) in [6.45, 7) is 1.19. The largest absolute Gasteiger partial charge is 0.473 e. The summed E-state index contributed by atoms with van der Waals surface area (Å²) in [5.41, 5.74) is 2.26. The molecule has 2 heterocycles. The van der Waals surface area contributed by atoms with E-state index < -0.39 is 0 Å². The molecule has 0 saturated carbocycles. The number of hydrogen-bond acceptors (Lipinski definition) is 5. The van der Waals surface area contributed by atoms with Gasteiger partial charge < -0.3 is 10.1 Å². The van der Waals surface area contributed by atoms with Crippen LogP contribution in [-0.4, -0.2) is 15.0 Å². The molecule has 0 atom stereocenters. The SMILES string of the molecule is c1ccc(OCc2ccc(CNc3ncccn3)cc2)nc1. The highest BCUT2D eigenvalue weighted by atomic mass is 16.5. The van der Waals surface area contributed by atoms with E-state index >= 15 is 0 Å². The van der Waals surface area contributed by atoms with Gasteiger partial charge in [0.2, 0.25) is 11.8 Å². The molecule has 1 N–H and O–H groups in total. The van der Waals surface area contributed by atoms with Crippen molar-refractivity contribution in [2.45, 2.75) is 13.2 Å². The highest BCUT2D eigenvalue weighted by molar-refractivity contribution is 5.28. The Kier molecular flexibility index (Phi) is 4.57. The van der Waals surface area contributed by atoms with E-state index in [1.807, 2.05) is 30.3 Å². The molecule has 5 nitrogen and oxygen atoms in total. The van der Waals surface area contributed by atoms with Gasteiger partial charge in [0, 0.05) is 31.2 Å². The predicted octanol–water partition coefficient (Wildman–Crippen LogP) is 3.06. The maximum absolute atomic E-state index is 5.61. The second kappa shape index (κ2) is 7.17. The Balaban J connectivity index is 1.52. The van der Waals surface area contributed by atoms with Crippen molar-refractivity contribution in [3.63, 3.8) is 0 Å². The number of hydrogen-bond donors (Lipinski definition) is 1. The molecule has 0 spiro atoms. The quantitative estimate of drug-likeness (QED) is 0.756. The number of benzene rings is 1. The Morgan fingerprint density at radius 1 is 0.773 bits per heavy atom. The zero-order valence-corrected chi connectivity index (χ0v) is 12.0. The van der Waals surface area contributed by atoms with Gasteiger partial charge in [-0.2, -0.15) is 0 Å². The molecule has 0 aliphatic heterocycles. The number of ether oxygens (including phenoxy) is 1. The van der Waals surface area contributed by atoms with E-state index in [1.54, 1.807) is 24.7 Å². The van der Waals surface area contributed by atoms with Crippen LogP contribution in [0.3, 0.4) is 0 Å².